The van der Waals surface area contributed by atoms with Gasteiger partial charge in [0.1, 0.15) is 0 Å². The number of nitrogens with zero attached hydrogens (tertiary/aromatic N) is 2. The predicted octanol–water partition coefficient (Wildman–Crippen LogP) is 3.23. The zero-order valence-electron chi connectivity index (χ0n) is 12.5. The first kappa shape index (κ1) is 15.0. The van der Waals surface area contributed by atoms with Crippen molar-refractivity contribution in [2.24, 2.45) is 5.41 Å². The SMILES string of the molecule is CCCCCCC(C)(C)CN1CCN(C)CC1. The lowest BCUT2D eigenvalue weighted by atomic mass is 9.86. The number of likely N-dealkylation sites (N-methyl/N-ethyl adjacent to an activating group) is 1. The fourth-order valence-corrected chi connectivity index (χ4v) is 2.72. The van der Waals surface area contributed by atoms with Crippen LogP contribution < -0.4 is 0 Å². The van der Waals surface area contributed by atoms with E-state index in [1.54, 1.807) is 0 Å². The minimum absolute atomic E-state index is 0.504. The molecule has 1 saturated heterocycles. The Morgan fingerprint density at radius 2 is 1.59 bits per heavy atom. The van der Waals surface area contributed by atoms with Crippen molar-refractivity contribution in [3.8, 4) is 0 Å². The third kappa shape index (κ3) is 6.42. The van der Waals surface area contributed by atoms with Crippen molar-refractivity contribution >= 4 is 0 Å². The van der Waals surface area contributed by atoms with Gasteiger partial charge in [-0.15, -0.1) is 0 Å². The van der Waals surface area contributed by atoms with Gasteiger partial charge in [0.2, 0.25) is 0 Å². The molecule has 0 N–H and O–H groups in total. The third-order valence-electron chi connectivity index (χ3n) is 3.95. The molecular formula is C15H32N2. The number of piperazine rings is 1. The number of hydrogen-bond donors (Lipinski definition) is 0. The fraction of sp³-hybridized carbons (Fsp3) is 1.00. The van der Waals surface area contributed by atoms with Gasteiger partial charge in [-0.05, 0) is 18.9 Å². The molecule has 2 nitrogen and oxygen atoms in total. The molecule has 1 fully saturated rings. The maximum absolute atomic E-state index is 2.65. The molecule has 0 atom stereocenters. The summed E-state index contributed by atoms with van der Waals surface area (Å²) < 4.78 is 0. The standard InChI is InChI=1S/C15H32N2/c1-5-6-7-8-9-15(2,3)14-17-12-10-16(4)11-13-17/h5-14H2,1-4H3. The molecule has 0 aromatic rings. The molecule has 0 radical (unpaired) electrons. The van der Waals surface area contributed by atoms with Crippen LogP contribution in [0.5, 0.6) is 0 Å². The first-order valence-corrected chi connectivity index (χ1v) is 7.44. The van der Waals surface area contributed by atoms with Crippen molar-refractivity contribution in [1.29, 1.82) is 0 Å². The highest BCUT2D eigenvalue weighted by molar-refractivity contribution is 4.77. The second kappa shape index (κ2) is 7.38. The Labute approximate surface area is 108 Å². The van der Waals surface area contributed by atoms with E-state index in [1.807, 2.05) is 0 Å². The smallest absolute Gasteiger partial charge is 0.0110 e. The zero-order valence-corrected chi connectivity index (χ0v) is 12.5. The predicted molar refractivity (Wildman–Crippen MR) is 76.5 cm³/mol. The molecule has 0 aliphatic carbocycles. The molecule has 0 spiro atoms. The molecule has 1 aliphatic heterocycles. The quantitative estimate of drug-likeness (QED) is 0.630. The second-order valence-corrected chi connectivity index (χ2v) is 6.55. The van der Waals surface area contributed by atoms with Crippen LogP contribution in [0.4, 0.5) is 0 Å². The van der Waals surface area contributed by atoms with Gasteiger partial charge < -0.3 is 9.80 Å². The lowest BCUT2D eigenvalue weighted by Gasteiger charge is -2.37. The number of unbranched alkanes of at least 4 members (excludes halogenated alkanes) is 3. The van der Waals surface area contributed by atoms with Crippen molar-refractivity contribution in [1.82, 2.24) is 9.80 Å². The van der Waals surface area contributed by atoms with E-state index in [1.165, 1.54) is 64.8 Å². The summed E-state index contributed by atoms with van der Waals surface area (Å²) in [5.41, 5.74) is 0.504. The molecule has 1 aliphatic rings. The van der Waals surface area contributed by atoms with Crippen molar-refractivity contribution in [2.75, 3.05) is 39.8 Å². The van der Waals surface area contributed by atoms with Crippen LogP contribution >= 0.6 is 0 Å². The highest BCUT2D eigenvalue weighted by atomic mass is 15.2. The Bertz CT molecular complexity index is 193. The van der Waals surface area contributed by atoms with Gasteiger partial charge in [0.05, 0.1) is 0 Å². The zero-order chi connectivity index (χ0) is 12.7. The minimum atomic E-state index is 0.504. The Kier molecular flexibility index (Phi) is 6.50. The van der Waals surface area contributed by atoms with Crippen LogP contribution in [-0.4, -0.2) is 49.6 Å². The van der Waals surface area contributed by atoms with Crippen molar-refractivity contribution in [2.45, 2.75) is 52.9 Å². The van der Waals surface area contributed by atoms with E-state index in [9.17, 15) is 0 Å². The summed E-state index contributed by atoms with van der Waals surface area (Å²) in [7, 11) is 2.23. The Morgan fingerprint density at radius 3 is 2.18 bits per heavy atom. The second-order valence-electron chi connectivity index (χ2n) is 6.55. The summed E-state index contributed by atoms with van der Waals surface area (Å²) in [4.78, 5) is 5.09. The highest BCUT2D eigenvalue weighted by Gasteiger charge is 2.23. The maximum atomic E-state index is 2.65. The summed E-state index contributed by atoms with van der Waals surface area (Å²) in [6.45, 7) is 13.5. The van der Waals surface area contributed by atoms with Gasteiger partial charge in [-0.1, -0.05) is 46.5 Å². The van der Waals surface area contributed by atoms with E-state index in [2.05, 4.69) is 37.6 Å². The molecule has 0 bridgehead atoms. The van der Waals surface area contributed by atoms with Gasteiger partial charge >= 0.3 is 0 Å². The molecule has 0 amide bonds. The number of hydrogen-bond acceptors (Lipinski definition) is 2. The monoisotopic (exact) mass is 240 g/mol. The summed E-state index contributed by atoms with van der Waals surface area (Å²) in [6.07, 6.45) is 6.97. The van der Waals surface area contributed by atoms with E-state index in [4.69, 9.17) is 0 Å². The summed E-state index contributed by atoms with van der Waals surface area (Å²) in [5, 5.41) is 0. The molecule has 2 heteroatoms. The van der Waals surface area contributed by atoms with Crippen LogP contribution in [0.3, 0.4) is 0 Å². The highest BCUT2D eigenvalue weighted by Crippen LogP contribution is 2.25. The van der Waals surface area contributed by atoms with E-state index >= 15 is 0 Å². The topological polar surface area (TPSA) is 6.48 Å². The van der Waals surface area contributed by atoms with Crippen LogP contribution in [0.15, 0.2) is 0 Å². The van der Waals surface area contributed by atoms with Crippen LogP contribution in [0.25, 0.3) is 0 Å². The van der Waals surface area contributed by atoms with Gasteiger partial charge in [-0.3, -0.25) is 0 Å². The molecule has 1 rings (SSSR count). The van der Waals surface area contributed by atoms with Gasteiger partial charge in [-0.2, -0.15) is 0 Å². The van der Waals surface area contributed by atoms with E-state index < -0.39 is 0 Å². The van der Waals surface area contributed by atoms with Gasteiger partial charge in [0, 0.05) is 32.7 Å². The molecule has 102 valence electrons. The fourth-order valence-electron chi connectivity index (χ4n) is 2.72. The van der Waals surface area contributed by atoms with E-state index in [0.29, 0.717) is 5.41 Å². The molecule has 0 aromatic heterocycles. The average molecular weight is 240 g/mol. The normalized spacial score (nSPS) is 19.8. The molecule has 0 aromatic carbocycles. The van der Waals surface area contributed by atoms with Crippen molar-refractivity contribution in [3.05, 3.63) is 0 Å². The largest absolute Gasteiger partial charge is 0.304 e. The molecule has 17 heavy (non-hydrogen) atoms. The van der Waals surface area contributed by atoms with Crippen LogP contribution in [0.2, 0.25) is 0 Å². The van der Waals surface area contributed by atoms with Crippen LogP contribution in [0.1, 0.15) is 52.9 Å². The van der Waals surface area contributed by atoms with Gasteiger partial charge in [0.25, 0.3) is 0 Å². The lowest BCUT2D eigenvalue weighted by molar-refractivity contribution is 0.105. The maximum Gasteiger partial charge on any atom is 0.0110 e. The number of rotatable bonds is 7. The summed E-state index contributed by atoms with van der Waals surface area (Å²) in [5.74, 6) is 0. The van der Waals surface area contributed by atoms with Crippen LogP contribution in [-0.2, 0) is 0 Å². The first-order chi connectivity index (χ1) is 8.03. The Morgan fingerprint density at radius 1 is 0.941 bits per heavy atom. The average Bonchev–Trinajstić information content (AvgIpc) is 2.27. The Hall–Kier alpha value is -0.0800. The lowest BCUT2D eigenvalue weighted by Crippen LogP contribution is -2.47. The van der Waals surface area contributed by atoms with Gasteiger partial charge in [0.15, 0.2) is 0 Å². The van der Waals surface area contributed by atoms with Gasteiger partial charge in [-0.25, -0.2) is 0 Å². The Balaban J connectivity index is 2.18. The third-order valence-corrected chi connectivity index (χ3v) is 3.95. The molecule has 1 heterocycles. The molecular weight excluding hydrogens is 208 g/mol. The van der Waals surface area contributed by atoms with Crippen LogP contribution in [0, 0.1) is 5.41 Å². The molecule has 0 unspecified atom stereocenters. The first-order valence-electron chi connectivity index (χ1n) is 7.44. The van der Waals surface area contributed by atoms with E-state index in [0.717, 1.165) is 0 Å². The summed E-state index contributed by atoms with van der Waals surface area (Å²) >= 11 is 0. The summed E-state index contributed by atoms with van der Waals surface area (Å²) in [6, 6.07) is 0. The molecule has 0 saturated carbocycles. The minimum Gasteiger partial charge on any atom is -0.304 e. The van der Waals surface area contributed by atoms with Crippen molar-refractivity contribution in [3.63, 3.8) is 0 Å². The van der Waals surface area contributed by atoms with Crippen molar-refractivity contribution < 1.29 is 0 Å². The van der Waals surface area contributed by atoms with E-state index in [-0.39, 0.29) is 0 Å².